The van der Waals surface area contributed by atoms with E-state index in [1.54, 1.807) is 6.07 Å². The first-order valence-corrected chi connectivity index (χ1v) is 7.08. The van der Waals surface area contributed by atoms with Crippen molar-refractivity contribution in [2.45, 2.75) is 32.9 Å². The first kappa shape index (κ1) is 14.0. The van der Waals surface area contributed by atoms with Crippen molar-refractivity contribution in [2.75, 3.05) is 0 Å². The molecule has 1 amide bonds. The molecular weight excluding hydrogens is 282 g/mol. The van der Waals surface area contributed by atoms with Gasteiger partial charge in [0.15, 0.2) is 4.77 Å². The molecule has 5 nitrogen and oxygen atoms in total. The Morgan fingerprint density at radius 3 is 2.84 bits per heavy atom. The summed E-state index contributed by atoms with van der Waals surface area (Å²) in [6.07, 6.45) is 0. The third kappa shape index (κ3) is 3.10. The lowest BCUT2D eigenvalue weighted by atomic mass is 10.1. The van der Waals surface area contributed by atoms with Gasteiger partial charge < -0.3 is 10.3 Å². The molecule has 0 atom stereocenters. The number of aromatic amines is 1. The van der Waals surface area contributed by atoms with Crippen molar-refractivity contribution in [3.63, 3.8) is 0 Å². The monoisotopic (exact) mass is 297 g/mol. The van der Waals surface area contributed by atoms with Crippen molar-refractivity contribution >= 4 is 39.7 Å². The van der Waals surface area contributed by atoms with Crippen LogP contribution in [0.2, 0.25) is 0 Å². The van der Waals surface area contributed by atoms with E-state index in [1.807, 2.05) is 26.2 Å². The Bertz CT molecular complexity index is 734. The number of nitrogens with one attached hydrogen (secondary N) is 2. The molecule has 0 aliphatic heterocycles. The normalized spacial score (nSPS) is 11.7. The third-order valence-electron chi connectivity index (χ3n) is 2.42. The molecule has 7 heteroatoms. The minimum atomic E-state index is -0.335. The van der Waals surface area contributed by atoms with Crippen molar-refractivity contribution in [1.82, 2.24) is 14.9 Å². The number of aromatic nitrogens is 2. The lowest BCUT2D eigenvalue weighted by molar-refractivity contribution is -0.123. The van der Waals surface area contributed by atoms with Crippen LogP contribution in [0.15, 0.2) is 16.2 Å². The molecule has 0 spiro atoms. The molecule has 2 aromatic rings. The highest BCUT2D eigenvalue weighted by Crippen LogP contribution is 2.13. The maximum Gasteiger partial charge on any atom is 0.263 e. The van der Waals surface area contributed by atoms with E-state index in [0.717, 1.165) is 4.83 Å². The fourth-order valence-electron chi connectivity index (χ4n) is 1.72. The highest BCUT2D eigenvalue weighted by Gasteiger charge is 2.15. The smallest absolute Gasteiger partial charge is 0.263 e. The van der Waals surface area contributed by atoms with E-state index in [9.17, 15) is 9.59 Å². The average molecular weight is 297 g/mol. The van der Waals surface area contributed by atoms with E-state index in [2.05, 4.69) is 10.3 Å². The minimum absolute atomic E-state index is 0.0722. The van der Waals surface area contributed by atoms with Crippen molar-refractivity contribution in [3.8, 4) is 0 Å². The first-order valence-electron chi connectivity index (χ1n) is 5.79. The Hall–Kier alpha value is -1.47. The van der Waals surface area contributed by atoms with Crippen LogP contribution in [0.4, 0.5) is 0 Å². The molecule has 0 aromatic carbocycles. The number of H-pyrrole nitrogens is 1. The van der Waals surface area contributed by atoms with E-state index in [1.165, 1.54) is 15.9 Å². The number of carbonyl (C=O) groups excluding carboxylic acids is 1. The Kier molecular flexibility index (Phi) is 3.60. The van der Waals surface area contributed by atoms with Gasteiger partial charge >= 0.3 is 0 Å². The summed E-state index contributed by atoms with van der Waals surface area (Å²) < 4.78 is 1.55. The van der Waals surface area contributed by atoms with Gasteiger partial charge in [0.2, 0.25) is 5.91 Å². The van der Waals surface area contributed by atoms with Gasteiger partial charge in [-0.05, 0) is 44.4 Å². The summed E-state index contributed by atoms with van der Waals surface area (Å²) in [5.41, 5.74) is -0.567. The predicted molar refractivity (Wildman–Crippen MR) is 79.2 cm³/mol. The maximum absolute atomic E-state index is 12.2. The lowest BCUT2D eigenvalue weighted by Gasteiger charge is -2.20. The number of nitrogens with zero attached hydrogens (tertiary/aromatic N) is 1. The Labute approximate surface area is 119 Å². The summed E-state index contributed by atoms with van der Waals surface area (Å²) in [6, 6.07) is 1.73. The Balaban J connectivity index is 2.38. The van der Waals surface area contributed by atoms with Crippen LogP contribution in [0.25, 0.3) is 10.2 Å². The maximum atomic E-state index is 12.2. The number of thiophene rings is 1. The van der Waals surface area contributed by atoms with Crippen molar-refractivity contribution in [3.05, 3.63) is 26.6 Å². The van der Waals surface area contributed by atoms with Crippen LogP contribution in [0.3, 0.4) is 0 Å². The molecule has 0 fully saturated rings. The molecule has 102 valence electrons. The van der Waals surface area contributed by atoms with E-state index in [-0.39, 0.29) is 28.3 Å². The molecule has 2 rings (SSSR count). The van der Waals surface area contributed by atoms with Crippen LogP contribution in [0.5, 0.6) is 0 Å². The molecule has 0 aliphatic rings. The Morgan fingerprint density at radius 2 is 2.21 bits per heavy atom. The van der Waals surface area contributed by atoms with E-state index >= 15 is 0 Å². The zero-order valence-corrected chi connectivity index (χ0v) is 12.6. The molecule has 0 radical (unpaired) electrons. The summed E-state index contributed by atoms with van der Waals surface area (Å²) in [4.78, 5) is 27.8. The van der Waals surface area contributed by atoms with E-state index in [4.69, 9.17) is 12.2 Å². The summed E-state index contributed by atoms with van der Waals surface area (Å²) in [5, 5.41) is 5.18. The third-order valence-corrected chi connectivity index (χ3v) is 3.57. The van der Waals surface area contributed by atoms with Crippen molar-refractivity contribution < 1.29 is 4.79 Å². The van der Waals surface area contributed by atoms with Crippen LogP contribution >= 0.6 is 23.6 Å². The van der Waals surface area contributed by atoms with Gasteiger partial charge in [-0.3, -0.25) is 14.2 Å². The lowest BCUT2D eigenvalue weighted by Crippen LogP contribution is -2.43. The SMILES string of the molecule is CC(C)(C)NC(=O)Cn1c(=S)[nH]c2sccc2c1=O. The van der Waals surface area contributed by atoms with Crippen LogP contribution in [0.1, 0.15) is 20.8 Å². The summed E-state index contributed by atoms with van der Waals surface area (Å²) in [6.45, 7) is 5.58. The molecule has 2 heterocycles. The largest absolute Gasteiger partial charge is 0.350 e. The average Bonchev–Trinajstić information content (AvgIpc) is 2.69. The van der Waals surface area contributed by atoms with Crippen LogP contribution < -0.4 is 10.9 Å². The number of fused-ring (bicyclic) bond motifs is 1. The van der Waals surface area contributed by atoms with Crippen LogP contribution in [-0.2, 0) is 11.3 Å². The standard InChI is InChI=1S/C12H15N3O2S2/c1-12(2,3)14-8(16)6-15-10(17)7-4-5-19-9(7)13-11(15)18/h4-5H,6H2,1-3H3,(H,13,18)(H,14,16). The van der Waals surface area contributed by atoms with Gasteiger partial charge in [-0.25, -0.2) is 0 Å². The zero-order chi connectivity index (χ0) is 14.2. The zero-order valence-electron chi connectivity index (χ0n) is 10.9. The van der Waals surface area contributed by atoms with Gasteiger partial charge in [0.25, 0.3) is 5.56 Å². The predicted octanol–water partition coefficient (Wildman–Crippen LogP) is 2.04. The minimum Gasteiger partial charge on any atom is -0.350 e. The number of hydrogen-bond acceptors (Lipinski definition) is 4. The second kappa shape index (κ2) is 4.90. The van der Waals surface area contributed by atoms with Gasteiger partial charge in [-0.1, -0.05) is 0 Å². The second-order valence-electron chi connectivity index (χ2n) is 5.28. The highest BCUT2D eigenvalue weighted by atomic mass is 32.1. The summed E-state index contributed by atoms with van der Waals surface area (Å²) >= 11 is 6.54. The quantitative estimate of drug-likeness (QED) is 0.834. The molecule has 0 bridgehead atoms. The van der Waals surface area contributed by atoms with Crippen molar-refractivity contribution in [1.29, 1.82) is 0 Å². The molecule has 2 aromatic heterocycles. The molecule has 0 saturated heterocycles. The fraction of sp³-hybridized carbons (Fsp3) is 0.417. The van der Waals surface area contributed by atoms with E-state index < -0.39 is 0 Å². The van der Waals surface area contributed by atoms with Crippen molar-refractivity contribution in [2.24, 2.45) is 0 Å². The van der Waals surface area contributed by atoms with Crippen LogP contribution in [-0.4, -0.2) is 21.0 Å². The van der Waals surface area contributed by atoms with Crippen LogP contribution in [0, 0.1) is 4.77 Å². The molecular formula is C12H15N3O2S2. The summed E-state index contributed by atoms with van der Waals surface area (Å²) in [5.74, 6) is -0.233. The highest BCUT2D eigenvalue weighted by molar-refractivity contribution is 7.71. The number of carbonyl (C=O) groups is 1. The number of hydrogen-bond donors (Lipinski definition) is 2. The fourth-order valence-corrected chi connectivity index (χ4v) is 2.81. The second-order valence-corrected chi connectivity index (χ2v) is 6.59. The summed E-state index contributed by atoms with van der Waals surface area (Å²) in [7, 11) is 0. The van der Waals surface area contributed by atoms with Gasteiger partial charge in [-0.15, -0.1) is 11.3 Å². The van der Waals surface area contributed by atoms with Gasteiger partial charge in [0, 0.05) is 5.54 Å². The number of amides is 1. The van der Waals surface area contributed by atoms with Gasteiger partial charge in [-0.2, -0.15) is 0 Å². The van der Waals surface area contributed by atoms with Gasteiger partial charge in [0.1, 0.15) is 11.4 Å². The molecule has 2 N–H and O–H groups in total. The molecule has 0 saturated carbocycles. The van der Waals surface area contributed by atoms with Gasteiger partial charge in [0.05, 0.1) is 5.39 Å². The first-order chi connectivity index (χ1) is 8.78. The molecule has 0 aliphatic carbocycles. The number of rotatable bonds is 2. The van der Waals surface area contributed by atoms with E-state index in [0.29, 0.717) is 5.39 Å². The molecule has 0 unspecified atom stereocenters. The molecule has 19 heavy (non-hydrogen) atoms. The topological polar surface area (TPSA) is 66.9 Å². The Morgan fingerprint density at radius 1 is 1.53 bits per heavy atom.